The van der Waals surface area contributed by atoms with Crippen LogP contribution in [0.1, 0.15) is 41.2 Å². The average molecular weight is 470 g/mol. The highest BCUT2D eigenvalue weighted by atomic mass is 32.1. The number of fused-ring (bicyclic) bond motifs is 2. The van der Waals surface area contributed by atoms with E-state index in [1.54, 1.807) is 7.11 Å². The van der Waals surface area contributed by atoms with Crippen LogP contribution in [0, 0.1) is 6.92 Å². The molecule has 176 valence electrons. The minimum atomic E-state index is -0.192. The highest BCUT2D eigenvalue weighted by Gasteiger charge is 2.28. The van der Waals surface area contributed by atoms with Crippen LogP contribution in [0.4, 0.5) is 11.5 Å². The van der Waals surface area contributed by atoms with E-state index < -0.39 is 0 Å². The molecule has 5 rings (SSSR count). The van der Waals surface area contributed by atoms with Crippen LogP contribution in [0.15, 0.2) is 24.3 Å². The lowest BCUT2D eigenvalue weighted by atomic mass is 10.1. The molecule has 8 nitrogen and oxygen atoms in total. The maximum absolute atomic E-state index is 12.9. The van der Waals surface area contributed by atoms with Gasteiger partial charge in [-0.1, -0.05) is 13.8 Å². The van der Waals surface area contributed by atoms with Gasteiger partial charge in [-0.25, -0.2) is 4.98 Å². The van der Waals surface area contributed by atoms with E-state index in [0.29, 0.717) is 29.5 Å². The van der Waals surface area contributed by atoms with Gasteiger partial charge in [-0.15, -0.1) is 11.3 Å². The lowest BCUT2D eigenvalue weighted by molar-refractivity contribution is 0.0918. The smallest absolute Gasteiger partial charge is 0.263 e. The zero-order valence-electron chi connectivity index (χ0n) is 19.6. The summed E-state index contributed by atoms with van der Waals surface area (Å²) in [6, 6.07) is 7.73. The number of ether oxygens (including phenoxy) is 2. The summed E-state index contributed by atoms with van der Waals surface area (Å²) in [5, 5.41) is 3.88. The third-order valence-corrected chi connectivity index (χ3v) is 7.00. The van der Waals surface area contributed by atoms with Crippen LogP contribution in [0.3, 0.4) is 0 Å². The molecular formula is C24H31N5O3S. The highest BCUT2D eigenvalue weighted by molar-refractivity contribution is 7.21. The van der Waals surface area contributed by atoms with Gasteiger partial charge in [0, 0.05) is 43.3 Å². The topological polar surface area (TPSA) is 103 Å². The number of hydrogen-bond donors (Lipinski definition) is 2. The standard InChI is InChI=1S/C22H25N5O3S.C2H6/c1-12-3-5-16-18(23)19(31-22(16)24-12)20(28)25-14-9-13-4-6-17(26-21(13)30-11-14)27-8-7-15(10-27)29-2;1-2/h3-6,14-15H,7-11,23H2,1-2H3,(H,25,28);1-2H3. The van der Waals surface area contributed by atoms with E-state index in [1.807, 2.05) is 45.0 Å². The third-order valence-electron chi connectivity index (χ3n) is 5.89. The first-order valence-corrected chi connectivity index (χ1v) is 12.2. The van der Waals surface area contributed by atoms with Crippen molar-refractivity contribution in [1.82, 2.24) is 15.3 Å². The van der Waals surface area contributed by atoms with Crippen LogP contribution >= 0.6 is 11.3 Å². The van der Waals surface area contributed by atoms with Crippen molar-refractivity contribution in [3.05, 3.63) is 40.4 Å². The minimum absolute atomic E-state index is 0.142. The Bertz CT molecular complexity index is 1150. The molecule has 33 heavy (non-hydrogen) atoms. The Balaban J connectivity index is 0.00000126. The molecule has 1 amide bonds. The summed E-state index contributed by atoms with van der Waals surface area (Å²) in [4.78, 5) is 25.6. The Morgan fingerprint density at radius 2 is 2.09 bits per heavy atom. The van der Waals surface area contributed by atoms with E-state index >= 15 is 0 Å². The molecule has 5 heterocycles. The highest BCUT2D eigenvalue weighted by Crippen LogP contribution is 2.33. The van der Waals surface area contributed by atoms with E-state index in [0.717, 1.165) is 46.8 Å². The average Bonchev–Trinajstić information content (AvgIpc) is 3.44. The second-order valence-corrected chi connectivity index (χ2v) is 9.06. The summed E-state index contributed by atoms with van der Waals surface area (Å²) in [5.41, 5.74) is 8.59. The summed E-state index contributed by atoms with van der Waals surface area (Å²) < 4.78 is 11.4. The number of hydrogen-bond acceptors (Lipinski definition) is 8. The number of nitrogens with two attached hydrogens (primary N) is 1. The number of carbonyl (C=O) groups excluding carboxylic acids is 1. The summed E-state index contributed by atoms with van der Waals surface area (Å²) in [7, 11) is 1.75. The predicted molar refractivity (Wildman–Crippen MR) is 132 cm³/mol. The van der Waals surface area contributed by atoms with E-state index in [2.05, 4.69) is 15.2 Å². The summed E-state index contributed by atoms with van der Waals surface area (Å²) in [6.45, 7) is 8.06. The molecule has 1 saturated heterocycles. The molecule has 0 aromatic carbocycles. The largest absolute Gasteiger partial charge is 0.475 e. The summed E-state index contributed by atoms with van der Waals surface area (Å²) in [6.07, 6.45) is 1.91. The number of nitrogens with one attached hydrogen (secondary N) is 1. The van der Waals surface area contributed by atoms with Gasteiger partial charge in [0.15, 0.2) is 0 Å². The number of aromatic nitrogens is 2. The molecule has 0 aliphatic carbocycles. The molecule has 0 spiro atoms. The number of pyridine rings is 2. The molecule has 0 saturated carbocycles. The SMILES string of the molecule is CC.COC1CCN(c2ccc3c(n2)OCC(NC(=O)c2sc4nc(C)ccc4c2N)C3)C1. The lowest BCUT2D eigenvalue weighted by Gasteiger charge is -2.26. The molecule has 2 aliphatic rings. The number of amides is 1. The molecule has 1 fully saturated rings. The number of nitrogens with zero attached hydrogens (tertiary/aromatic N) is 3. The molecule has 3 aromatic heterocycles. The first kappa shape index (κ1) is 23.3. The summed E-state index contributed by atoms with van der Waals surface area (Å²) >= 11 is 1.32. The van der Waals surface area contributed by atoms with E-state index in [9.17, 15) is 4.79 Å². The quantitative estimate of drug-likeness (QED) is 0.602. The van der Waals surface area contributed by atoms with Gasteiger partial charge in [0.2, 0.25) is 5.88 Å². The van der Waals surface area contributed by atoms with Crippen molar-refractivity contribution in [1.29, 1.82) is 0 Å². The van der Waals surface area contributed by atoms with Gasteiger partial charge in [0.05, 0.1) is 17.8 Å². The fourth-order valence-corrected chi connectivity index (χ4v) is 5.19. The molecule has 2 aliphatic heterocycles. The third kappa shape index (κ3) is 4.74. The molecule has 0 bridgehead atoms. The zero-order valence-corrected chi connectivity index (χ0v) is 20.4. The van der Waals surface area contributed by atoms with Gasteiger partial charge < -0.3 is 25.4 Å². The van der Waals surface area contributed by atoms with Crippen LogP contribution in [0.2, 0.25) is 0 Å². The fourth-order valence-electron chi connectivity index (χ4n) is 4.15. The first-order valence-electron chi connectivity index (χ1n) is 11.4. The number of thiophene rings is 1. The van der Waals surface area contributed by atoms with Crippen LogP contribution in [-0.4, -0.2) is 54.8 Å². The Hall–Kier alpha value is -2.91. The first-order chi connectivity index (χ1) is 16.0. The molecular weight excluding hydrogens is 438 g/mol. The second-order valence-electron chi connectivity index (χ2n) is 8.06. The lowest BCUT2D eigenvalue weighted by Crippen LogP contribution is -2.43. The number of methoxy groups -OCH3 is 1. The van der Waals surface area contributed by atoms with Crippen LogP contribution in [0.5, 0.6) is 5.88 Å². The molecule has 3 aromatic rings. The van der Waals surface area contributed by atoms with Gasteiger partial charge in [-0.3, -0.25) is 4.79 Å². The Labute approximate surface area is 198 Å². The number of anilines is 2. The van der Waals surface area contributed by atoms with Gasteiger partial charge in [-0.2, -0.15) is 4.98 Å². The van der Waals surface area contributed by atoms with Crippen LogP contribution in [-0.2, 0) is 11.2 Å². The Morgan fingerprint density at radius 1 is 1.27 bits per heavy atom. The van der Waals surface area contributed by atoms with E-state index in [4.69, 9.17) is 20.2 Å². The van der Waals surface area contributed by atoms with Crippen molar-refractivity contribution >= 4 is 39.0 Å². The Morgan fingerprint density at radius 3 is 2.85 bits per heavy atom. The van der Waals surface area contributed by atoms with Gasteiger partial charge in [0.1, 0.15) is 22.1 Å². The van der Waals surface area contributed by atoms with E-state index in [-0.39, 0.29) is 18.1 Å². The number of rotatable bonds is 4. The normalized spacial score (nSPS) is 19.5. The van der Waals surface area contributed by atoms with Crippen LogP contribution < -0.4 is 20.7 Å². The Kier molecular flexibility index (Phi) is 6.99. The summed E-state index contributed by atoms with van der Waals surface area (Å²) in [5.74, 6) is 1.36. The number of nitrogen functional groups attached to an aromatic ring is 1. The molecule has 2 unspecified atom stereocenters. The van der Waals surface area contributed by atoms with Gasteiger partial charge in [-0.05, 0) is 37.6 Å². The van der Waals surface area contributed by atoms with Gasteiger partial charge >= 0.3 is 0 Å². The van der Waals surface area contributed by atoms with Crippen molar-refractivity contribution in [3.8, 4) is 5.88 Å². The number of carbonyl (C=O) groups is 1. The maximum Gasteiger partial charge on any atom is 0.263 e. The van der Waals surface area contributed by atoms with Crippen molar-refractivity contribution in [2.24, 2.45) is 0 Å². The van der Waals surface area contributed by atoms with Crippen molar-refractivity contribution in [3.63, 3.8) is 0 Å². The monoisotopic (exact) mass is 469 g/mol. The minimum Gasteiger partial charge on any atom is -0.475 e. The molecule has 3 N–H and O–H groups in total. The van der Waals surface area contributed by atoms with Crippen molar-refractivity contribution in [2.75, 3.05) is 37.4 Å². The molecule has 0 radical (unpaired) electrons. The van der Waals surface area contributed by atoms with Crippen LogP contribution in [0.25, 0.3) is 10.2 Å². The second kappa shape index (κ2) is 9.93. The molecule has 2 atom stereocenters. The van der Waals surface area contributed by atoms with Crippen molar-refractivity contribution in [2.45, 2.75) is 45.8 Å². The zero-order chi connectivity index (χ0) is 23.5. The predicted octanol–water partition coefficient (Wildman–Crippen LogP) is 3.57. The maximum atomic E-state index is 12.9. The molecule has 9 heteroatoms. The fraction of sp³-hybridized carbons (Fsp3) is 0.458. The van der Waals surface area contributed by atoms with E-state index in [1.165, 1.54) is 11.3 Å². The van der Waals surface area contributed by atoms with Gasteiger partial charge in [0.25, 0.3) is 5.91 Å². The van der Waals surface area contributed by atoms with Crippen molar-refractivity contribution < 1.29 is 14.3 Å². The number of aryl methyl sites for hydroxylation is 1.